The third kappa shape index (κ3) is 25.8. The average molecular weight is 1780 g/mol. The van der Waals surface area contributed by atoms with Gasteiger partial charge in [-0.05, 0) is 316 Å². The molecule has 0 heterocycles. The van der Waals surface area contributed by atoms with Crippen LogP contribution in [0.25, 0.3) is 87.6 Å². The van der Waals surface area contributed by atoms with Crippen molar-refractivity contribution in [2.75, 3.05) is 48.0 Å². The summed E-state index contributed by atoms with van der Waals surface area (Å²) >= 11 is 28.2. The number of halogens is 5. The Morgan fingerprint density at radius 2 is 0.579 bits per heavy atom. The van der Waals surface area contributed by atoms with Crippen LogP contribution in [0, 0.1) is 6.92 Å². The number of carboxylic acids is 1. The zero-order chi connectivity index (χ0) is 88.6. The Morgan fingerprint density at radius 3 is 0.835 bits per heavy atom. The highest BCUT2D eigenvalue weighted by atomic mass is 79.9. The minimum absolute atomic E-state index is 0.287. The summed E-state index contributed by atoms with van der Waals surface area (Å²) < 4.78 is 41.3. The molecule has 0 spiro atoms. The van der Waals surface area contributed by atoms with E-state index in [0.717, 1.165) is 127 Å². The maximum Gasteiger partial charge on any atom is 0.339 e. The second-order valence-electron chi connectivity index (χ2n) is 34.0. The number of nitrogens with zero attached hydrogens (tertiary/aromatic N) is 2. The van der Waals surface area contributed by atoms with Crippen molar-refractivity contribution < 1.29 is 57.4 Å². The topological polar surface area (TPSA) is 160 Å². The van der Waals surface area contributed by atoms with Crippen LogP contribution in [0.2, 0.25) is 20.1 Å². The van der Waals surface area contributed by atoms with E-state index in [1.165, 1.54) is 0 Å². The van der Waals surface area contributed by atoms with E-state index in [-0.39, 0.29) is 31.1 Å². The fraction of sp³-hybridized carbons (Fsp3) is 0.333. The van der Waals surface area contributed by atoms with Gasteiger partial charge >= 0.3 is 23.9 Å². The molecule has 0 amide bonds. The van der Waals surface area contributed by atoms with Gasteiger partial charge in [-0.1, -0.05) is 214 Å². The van der Waals surface area contributed by atoms with Gasteiger partial charge in [-0.15, -0.1) is 0 Å². The highest BCUT2D eigenvalue weighted by Crippen LogP contribution is 2.47. The van der Waals surface area contributed by atoms with Crippen molar-refractivity contribution in [2.45, 2.75) is 176 Å². The number of rotatable bonds is 24. The van der Waals surface area contributed by atoms with Gasteiger partial charge in [0.05, 0.1) is 42.2 Å². The Kier molecular flexibility index (Phi) is 33.5. The molecular weight excluding hydrogens is 1670 g/mol. The van der Waals surface area contributed by atoms with Gasteiger partial charge in [0.15, 0.2) is 24.4 Å². The molecule has 0 unspecified atom stereocenters. The fourth-order valence-corrected chi connectivity index (χ4v) is 15.7. The molecule has 1 N–H and O–H groups in total. The van der Waals surface area contributed by atoms with Gasteiger partial charge in [-0.3, -0.25) is 0 Å². The number of aryl methyl sites for hydroxylation is 1. The number of hydrogen-bond donors (Lipinski definition) is 1. The summed E-state index contributed by atoms with van der Waals surface area (Å²) in [6.45, 7) is 32.7. The van der Waals surface area contributed by atoms with Crippen molar-refractivity contribution >= 4 is 129 Å². The Balaban J connectivity index is 0.000000183. The smallest absolute Gasteiger partial charge is 0.339 e. The monoisotopic (exact) mass is 1780 g/mol. The van der Waals surface area contributed by atoms with Gasteiger partial charge in [0, 0.05) is 60.8 Å². The minimum Gasteiger partial charge on any atom is -0.479 e. The first-order valence-electron chi connectivity index (χ1n) is 40.6. The van der Waals surface area contributed by atoms with Crippen molar-refractivity contribution in [1.29, 1.82) is 0 Å². The first-order valence-corrected chi connectivity index (χ1v) is 43.3. The van der Waals surface area contributed by atoms with E-state index in [4.69, 9.17) is 79.6 Å². The number of aliphatic carboxylic acids is 1. The molecule has 14 nitrogen and oxygen atoms in total. The zero-order valence-electron chi connectivity index (χ0n) is 73.1. The highest BCUT2D eigenvalue weighted by molar-refractivity contribution is 9.08. The third-order valence-electron chi connectivity index (χ3n) is 19.1. The van der Waals surface area contributed by atoms with Crippen LogP contribution >= 0.6 is 62.3 Å². The molecule has 0 radical (unpaired) electrons. The Morgan fingerprint density at radius 1 is 0.347 bits per heavy atom. The van der Waals surface area contributed by atoms with Gasteiger partial charge in [-0.2, -0.15) is 0 Å². The van der Waals surface area contributed by atoms with Crippen LogP contribution in [-0.2, 0) is 70.8 Å². The molecule has 0 aliphatic rings. The Hall–Kier alpha value is -9.04. The van der Waals surface area contributed by atoms with E-state index in [2.05, 4.69) is 87.6 Å². The lowest BCUT2D eigenvalue weighted by molar-refractivity contribution is -0.167. The zero-order valence-corrected chi connectivity index (χ0v) is 77.7. The van der Waals surface area contributed by atoms with E-state index in [1.807, 2.05) is 282 Å². The van der Waals surface area contributed by atoms with Crippen LogP contribution < -0.4 is 0 Å². The second-order valence-corrected chi connectivity index (χ2v) is 36.3. The summed E-state index contributed by atoms with van der Waals surface area (Å²) in [5.41, 5.74) is 12.5. The first kappa shape index (κ1) is 95.8. The molecule has 12 aromatic rings. The lowest BCUT2D eigenvalue weighted by Gasteiger charge is -2.30. The summed E-state index contributed by atoms with van der Waals surface area (Å²) in [5.74, 6) is -2.15. The molecule has 0 aromatic heterocycles. The number of benzene rings is 12. The third-order valence-corrected chi connectivity index (χ3v) is 20.7. The summed E-state index contributed by atoms with van der Waals surface area (Å²) in [6, 6.07) is 71.7. The quantitative estimate of drug-likeness (QED) is 0.0346. The Bertz CT molecular complexity index is 5570. The van der Waals surface area contributed by atoms with Crippen LogP contribution in [0.15, 0.2) is 218 Å². The first-order chi connectivity index (χ1) is 57.1. The molecule has 4 atom stereocenters. The maximum absolute atomic E-state index is 13.3. The molecule has 19 heteroatoms. The van der Waals surface area contributed by atoms with Gasteiger partial charge in [0.1, 0.15) is 0 Å². The van der Waals surface area contributed by atoms with E-state index >= 15 is 0 Å². The molecule has 121 heavy (non-hydrogen) atoms. The fourth-order valence-electron chi connectivity index (χ4n) is 14.7. The second kappa shape index (κ2) is 42.4. The lowest BCUT2D eigenvalue weighted by Crippen LogP contribution is -2.30. The van der Waals surface area contributed by atoms with E-state index < -0.39 is 52.8 Å². The number of esters is 3. The van der Waals surface area contributed by atoms with Crippen molar-refractivity contribution in [3.05, 3.63) is 283 Å². The lowest BCUT2D eigenvalue weighted by atomic mass is 9.86. The van der Waals surface area contributed by atoms with Crippen LogP contribution in [0.4, 0.5) is 0 Å². The van der Waals surface area contributed by atoms with Gasteiger partial charge in [-0.25, -0.2) is 19.2 Å². The molecule has 0 fully saturated rings. The predicted molar refractivity (Wildman–Crippen MR) is 502 cm³/mol. The van der Waals surface area contributed by atoms with E-state index in [1.54, 1.807) is 13.8 Å². The average Bonchev–Trinajstić information content (AvgIpc) is 0.768. The number of fused-ring (bicyclic) bond motifs is 4. The van der Waals surface area contributed by atoms with Crippen LogP contribution in [-0.4, -0.2) is 109 Å². The standard InChI is InChI=1S/C27H32ClNO3.C25H26BrClO3.C25H28ClNO3.C25H27ClO3/c1-7-31-26(30)25(32-27(2,3)4)24-20(17-29(5)6)16-19-10-8-9-11-22(19)23(24)18-12-14-21(28)15-13-18;1-5-29-24(28)23(30-25(2,3)4)22-18(15-26)14-17-8-6-7-9-20(17)21(22)16-10-12-19(27)13-11-16;1-25(2,3)30-23(24(28)29)22-18(15-27(4)5)14-17-8-6-7-9-20(17)21(22)16-10-12-19(26)13-11-16;1-6-28-24(27)23(29-25(3,4)5)21-16(2)15-18-9-7-8-10-20(18)22(21)17-11-13-19(26)14-12-17/h8-16,25H,7,17H2,1-6H3;6-14,23H,5,15H2,1-4H3;6-14,23H,15H2,1-5H3,(H,28,29);7-15,23H,6H2,1-5H3/t25-;3*23-/m0000/s1. The predicted octanol–water partition coefficient (Wildman–Crippen LogP) is 27.2. The summed E-state index contributed by atoms with van der Waals surface area (Å²) in [5, 5.41) is 21.9. The van der Waals surface area contributed by atoms with E-state index in [9.17, 15) is 24.3 Å². The molecule has 12 rings (SSSR count). The summed E-state index contributed by atoms with van der Waals surface area (Å²) in [7, 11) is 7.98. The number of carbonyl (C=O) groups excluding carboxylic acids is 3. The van der Waals surface area contributed by atoms with Crippen molar-refractivity contribution in [2.24, 2.45) is 0 Å². The Labute approximate surface area is 742 Å². The van der Waals surface area contributed by atoms with E-state index in [0.29, 0.717) is 50.7 Å². The molecule has 12 aromatic carbocycles. The molecule has 0 aliphatic carbocycles. The van der Waals surface area contributed by atoms with Gasteiger partial charge < -0.3 is 48.1 Å². The maximum atomic E-state index is 13.3. The van der Waals surface area contributed by atoms with Gasteiger partial charge in [0.25, 0.3) is 0 Å². The molecular formula is C102H113BrCl4N2O12. The van der Waals surface area contributed by atoms with Crippen molar-refractivity contribution in [3.63, 3.8) is 0 Å². The summed E-state index contributed by atoms with van der Waals surface area (Å²) in [6.07, 6.45) is -3.64. The number of ether oxygens (including phenoxy) is 7. The molecule has 0 saturated carbocycles. The van der Waals surface area contributed by atoms with Crippen LogP contribution in [0.5, 0.6) is 0 Å². The number of hydrogen-bond acceptors (Lipinski definition) is 13. The van der Waals surface area contributed by atoms with Crippen LogP contribution in [0.3, 0.4) is 0 Å². The summed E-state index contributed by atoms with van der Waals surface area (Å²) in [4.78, 5) is 55.9. The van der Waals surface area contributed by atoms with Gasteiger partial charge in [0.2, 0.25) is 0 Å². The number of carbonyl (C=O) groups is 4. The normalized spacial score (nSPS) is 12.9. The molecule has 0 saturated heterocycles. The molecule has 638 valence electrons. The van der Waals surface area contributed by atoms with Crippen molar-refractivity contribution in [1.82, 2.24) is 9.80 Å². The SMILES string of the molecule is CCOC(=O)[C@@H](OC(C)(C)C)c1c(C)cc2ccccc2c1-c1ccc(Cl)cc1.CCOC(=O)[C@@H](OC(C)(C)C)c1c(CBr)cc2ccccc2c1-c1ccc(Cl)cc1.CCOC(=O)[C@@H](OC(C)(C)C)c1c(CN(C)C)cc2ccccc2c1-c1ccc(Cl)cc1.CN(C)Cc1cc2ccccc2c(-c2ccc(Cl)cc2)c1[C@H](OC(C)(C)C)C(=O)O. The highest BCUT2D eigenvalue weighted by Gasteiger charge is 2.38. The molecule has 0 aliphatic heterocycles. The number of carboxylic acid groups (broad SMARTS) is 1. The largest absolute Gasteiger partial charge is 0.479 e. The van der Waals surface area contributed by atoms with Crippen LogP contribution in [0.1, 0.15) is 173 Å². The minimum atomic E-state index is -1.10. The molecule has 0 bridgehead atoms. The number of alkyl halides is 1. The van der Waals surface area contributed by atoms with Crippen molar-refractivity contribution in [3.8, 4) is 44.5 Å².